The van der Waals surface area contributed by atoms with Gasteiger partial charge in [-0.2, -0.15) is 0 Å². The van der Waals surface area contributed by atoms with Gasteiger partial charge < -0.3 is 9.47 Å². The van der Waals surface area contributed by atoms with Gasteiger partial charge in [0.2, 0.25) is 0 Å². The second-order valence-corrected chi connectivity index (χ2v) is 6.41. The van der Waals surface area contributed by atoms with Crippen LogP contribution in [-0.2, 0) is 0 Å². The van der Waals surface area contributed by atoms with Gasteiger partial charge in [0.15, 0.2) is 11.5 Å². The fourth-order valence-corrected chi connectivity index (χ4v) is 2.13. The van der Waals surface area contributed by atoms with Crippen molar-refractivity contribution in [2.75, 3.05) is 13.2 Å². The SMILES string of the molecule is CC(C)COc1cccc(-c2ccccc2)c1OCC(C)C. The molecule has 0 spiro atoms. The topological polar surface area (TPSA) is 18.5 Å². The number of hydrogen-bond acceptors (Lipinski definition) is 2. The van der Waals surface area contributed by atoms with Gasteiger partial charge in [0.25, 0.3) is 0 Å². The smallest absolute Gasteiger partial charge is 0.168 e. The molecule has 0 fully saturated rings. The minimum atomic E-state index is 0.474. The fourth-order valence-electron chi connectivity index (χ4n) is 2.13. The zero-order valence-electron chi connectivity index (χ0n) is 14.0. The Balaban J connectivity index is 2.36. The fraction of sp³-hybridized carbons (Fsp3) is 0.400. The predicted octanol–water partition coefficient (Wildman–Crippen LogP) is 5.42. The molecule has 2 heteroatoms. The van der Waals surface area contributed by atoms with Gasteiger partial charge in [-0.3, -0.25) is 0 Å². The lowest BCUT2D eigenvalue weighted by Crippen LogP contribution is -2.09. The van der Waals surface area contributed by atoms with Crippen LogP contribution in [0.1, 0.15) is 27.7 Å². The van der Waals surface area contributed by atoms with E-state index in [9.17, 15) is 0 Å². The van der Waals surface area contributed by atoms with E-state index in [1.165, 1.54) is 0 Å². The van der Waals surface area contributed by atoms with Crippen molar-refractivity contribution in [1.29, 1.82) is 0 Å². The van der Waals surface area contributed by atoms with Gasteiger partial charge in [0, 0.05) is 5.56 Å². The van der Waals surface area contributed by atoms with Crippen LogP contribution in [0.2, 0.25) is 0 Å². The summed E-state index contributed by atoms with van der Waals surface area (Å²) in [5, 5.41) is 0. The summed E-state index contributed by atoms with van der Waals surface area (Å²) >= 11 is 0. The molecule has 0 unspecified atom stereocenters. The van der Waals surface area contributed by atoms with Crippen LogP contribution in [0.25, 0.3) is 11.1 Å². The molecule has 0 bridgehead atoms. The Labute approximate surface area is 134 Å². The minimum Gasteiger partial charge on any atom is -0.489 e. The Morgan fingerprint density at radius 2 is 1.36 bits per heavy atom. The molecule has 0 amide bonds. The zero-order chi connectivity index (χ0) is 15.9. The standard InChI is InChI=1S/C20H26O2/c1-15(2)13-21-19-12-8-11-18(17-9-6-5-7-10-17)20(19)22-14-16(3)4/h5-12,15-16H,13-14H2,1-4H3. The summed E-state index contributed by atoms with van der Waals surface area (Å²) in [5.41, 5.74) is 2.23. The number of para-hydroxylation sites is 1. The molecule has 0 heterocycles. The molecule has 2 aromatic rings. The monoisotopic (exact) mass is 298 g/mol. The zero-order valence-corrected chi connectivity index (χ0v) is 14.0. The highest BCUT2D eigenvalue weighted by atomic mass is 16.5. The molecule has 0 aliphatic carbocycles. The summed E-state index contributed by atoms with van der Waals surface area (Å²) in [5.74, 6) is 2.64. The lowest BCUT2D eigenvalue weighted by atomic mass is 10.0. The van der Waals surface area contributed by atoms with Crippen LogP contribution in [-0.4, -0.2) is 13.2 Å². The molecule has 2 nitrogen and oxygen atoms in total. The molecule has 0 aliphatic heterocycles. The van der Waals surface area contributed by atoms with Crippen LogP contribution >= 0.6 is 0 Å². The van der Waals surface area contributed by atoms with E-state index < -0.39 is 0 Å². The Morgan fingerprint density at radius 1 is 0.727 bits per heavy atom. The quantitative estimate of drug-likeness (QED) is 0.679. The maximum Gasteiger partial charge on any atom is 0.168 e. The van der Waals surface area contributed by atoms with Crippen molar-refractivity contribution in [3.05, 3.63) is 48.5 Å². The van der Waals surface area contributed by atoms with Gasteiger partial charge in [0.05, 0.1) is 13.2 Å². The van der Waals surface area contributed by atoms with E-state index in [1.807, 2.05) is 30.3 Å². The molecule has 2 aromatic carbocycles. The summed E-state index contributed by atoms with van der Waals surface area (Å²) in [6, 6.07) is 16.4. The molecule has 0 saturated carbocycles. The summed E-state index contributed by atoms with van der Waals surface area (Å²) in [7, 11) is 0. The maximum absolute atomic E-state index is 6.09. The highest BCUT2D eigenvalue weighted by Gasteiger charge is 2.14. The van der Waals surface area contributed by atoms with Crippen LogP contribution in [0.4, 0.5) is 0 Å². The van der Waals surface area contributed by atoms with Crippen LogP contribution in [0.3, 0.4) is 0 Å². The number of ether oxygens (including phenoxy) is 2. The number of benzene rings is 2. The molecule has 0 aromatic heterocycles. The molecular formula is C20H26O2. The van der Waals surface area contributed by atoms with Gasteiger partial charge in [-0.15, -0.1) is 0 Å². The third-order valence-electron chi connectivity index (χ3n) is 3.20. The van der Waals surface area contributed by atoms with Gasteiger partial charge in [-0.1, -0.05) is 70.2 Å². The van der Waals surface area contributed by atoms with Crippen molar-refractivity contribution in [1.82, 2.24) is 0 Å². The maximum atomic E-state index is 6.09. The highest BCUT2D eigenvalue weighted by Crippen LogP contribution is 2.38. The molecule has 0 saturated heterocycles. The van der Waals surface area contributed by atoms with Crippen LogP contribution in [0.5, 0.6) is 11.5 Å². The normalized spacial score (nSPS) is 11.0. The molecule has 0 N–H and O–H groups in total. The lowest BCUT2D eigenvalue weighted by molar-refractivity contribution is 0.230. The van der Waals surface area contributed by atoms with E-state index in [0.717, 1.165) is 22.6 Å². The Kier molecular flexibility index (Phi) is 5.88. The summed E-state index contributed by atoms with van der Waals surface area (Å²) in [6.45, 7) is 9.98. The third kappa shape index (κ3) is 4.52. The van der Waals surface area contributed by atoms with Crippen molar-refractivity contribution in [2.24, 2.45) is 11.8 Å². The molecule has 22 heavy (non-hydrogen) atoms. The van der Waals surface area contributed by atoms with E-state index in [4.69, 9.17) is 9.47 Å². The first-order valence-corrected chi connectivity index (χ1v) is 8.02. The first kappa shape index (κ1) is 16.4. The van der Waals surface area contributed by atoms with Crippen LogP contribution in [0, 0.1) is 11.8 Å². The molecule has 0 atom stereocenters. The number of hydrogen-bond donors (Lipinski definition) is 0. The van der Waals surface area contributed by atoms with Crippen molar-refractivity contribution < 1.29 is 9.47 Å². The van der Waals surface area contributed by atoms with Gasteiger partial charge >= 0.3 is 0 Å². The van der Waals surface area contributed by atoms with Crippen molar-refractivity contribution in [2.45, 2.75) is 27.7 Å². The summed E-state index contributed by atoms with van der Waals surface area (Å²) < 4.78 is 12.1. The van der Waals surface area contributed by atoms with Crippen molar-refractivity contribution in [3.63, 3.8) is 0 Å². The summed E-state index contributed by atoms with van der Waals surface area (Å²) in [4.78, 5) is 0. The average Bonchev–Trinajstić information content (AvgIpc) is 2.51. The Bertz CT molecular complexity index is 574. The molecule has 118 valence electrons. The Morgan fingerprint density at radius 3 is 2.00 bits per heavy atom. The van der Waals surface area contributed by atoms with Gasteiger partial charge in [0.1, 0.15) is 0 Å². The number of rotatable bonds is 7. The average molecular weight is 298 g/mol. The third-order valence-corrected chi connectivity index (χ3v) is 3.20. The molecular weight excluding hydrogens is 272 g/mol. The van der Waals surface area contributed by atoms with Crippen molar-refractivity contribution in [3.8, 4) is 22.6 Å². The predicted molar refractivity (Wildman–Crippen MR) is 92.5 cm³/mol. The van der Waals surface area contributed by atoms with E-state index in [-0.39, 0.29) is 0 Å². The first-order valence-electron chi connectivity index (χ1n) is 8.02. The largest absolute Gasteiger partial charge is 0.489 e. The van der Waals surface area contributed by atoms with E-state index in [2.05, 4.69) is 45.9 Å². The van der Waals surface area contributed by atoms with E-state index in [0.29, 0.717) is 25.0 Å². The lowest BCUT2D eigenvalue weighted by Gasteiger charge is -2.18. The first-order chi connectivity index (χ1) is 10.6. The highest BCUT2D eigenvalue weighted by molar-refractivity contribution is 5.73. The van der Waals surface area contributed by atoms with Crippen LogP contribution in [0.15, 0.2) is 48.5 Å². The van der Waals surface area contributed by atoms with Gasteiger partial charge in [-0.25, -0.2) is 0 Å². The van der Waals surface area contributed by atoms with Crippen LogP contribution < -0.4 is 9.47 Å². The van der Waals surface area contributed by atoms with E-state index >= 15 is 0 Å². The minimum absolute atomic E-state index is 0.474. The van der Waals surface area contributed by atoms with Gasteiger partial charge in [-0.05, 0) is 23.5 Å². The second-order valence-electron chi connectivity index (χ2n) is 6.41. The van der Waals surface area contributed by atoms with Crippen molar-refractivity contribution >= 4 is 0 Å². The molecule has 0 radical (unpaired) electrons. The Hall–Kier alpha value is -1.96. The molecule has 2 rings (SSSR count). The second kappa shape index (κ2) is 7.88. The summed E-state index contributed by atoms with van der Waals surface area (Å²) in [6.07, 6.45) is 0. The molecule has 0 aliphatic rings. The van der Waals surface area contributed by atoms with E-state index in [1.54, 1.807) is 0 Å².